The van der Waals surface area contributed by atoms with Crippen LogP contribution < -0.4 is 0 Å². The number of rotatable bonds is 1. The Morgan fingerprint density at radius 2 is 1.25 bits per heavy atom. The minimum absolute atomic E-state index is 0. The molecule has 3 aromatic carbocycles. The molecule has 0 unspecified atom stereocenters. The van der Waals surface area contributed by atoms with Crippen LogP contribution in [0.15, 0.2) is 60.7 Å². The van der Waals surface area contributed by atoms with Crippen molar-refractivity contribution in [2.75, 3.05) is 0 Å². The third-order valence-corrected chi connectivity index (χ3v) is 4.71. The first kappa shape index (κ1) is 25.9. The zero-order valence-corrected chi connectivity index (χ0v) is 18.0. The van der Waals surface area contributed by atoms with Gasteiger partial charge in [-0.15, -0.1) is 0 Å². The quantitative estimate of drug-likeness (QED) is 0.383. The van der Waals surface area contributed by atoms with E-state index in [1.54, 1.807) is 12.1 Å². The van der Waals surface area contributed by atoms with E-state index in [9.17, 15) is 4.39 Å². The number of aryl methyl sites for hydroxylation is 6. The molecule has 0 heterocycles. The van der Waals surface area contributed by atoms with E-state index < -0.39 is 0 Å². The number of halogens is 2. The van der Waals surface area contributed by atoms with Crippen LogP contribution in [0.4, 0.5) is 4.39 Å². The fraction of sp³-hybridized carbons (Fsp3) is 0.308. The summed E-state index contributed by atoms with van der Waals surface area (Å²) in [7, 11) is 0. The molecule has 0 atom stereocenters. The van der Waals surface area contributed by atoms with Crippen molar-refractivity contribution in [2.45, 2.75) is 55.4 Å². The van der Waals surface area contributed by atoms with Crippen molar-refractivity contribution >= 4 is 11.6 Å². The highest BCUT2D eigenvalue weighted by molar-refractivity contribution is 6.30. The molecular weight excluding hydrogens is 367 g/mol. The van der Waals surface area contributed by atoms with Crippen molar-refractivity contribution in [1.82, 2.24) is 0 Å². The van der Waals surface area contributed by atoms with Crippen LogP contribution in [0.2, 0.25) is 5.02 Å². The molecule has 0 nitrogen and oxygen atoms in total. The molecule has 0 bridgehead atoms. The van der Waals surface area contributed by atoms with Gasteiger partial charge in [0.1, 0.15) is 5.82 Å². The van der Waals surface area contributed by atoms with Gasteiger partial charge in [0, 0.05) is 5.02 Å². The SMILES string of the molecule is C.CCc1ccccc1F.Cc1ccc(C)c(C)c1.Cc1ccc(Cl)cc1C. The monoisotopic (exact) mass is 400 g/mol. The van der Waals surface area contributed by atoms with Crippen LogP contribution in [0.25, 0.3) is 0 Å². The highest BCUT2D eigenvalue weighted by Crippen LogP contribution is 2.13. The first-order valence-electron chi connectivity index (χ1n) is 9.24. The Balaban J connectivity index is 0.000000384. The van der Waals surface area contributed by atoms with E-state index in [0.717, 1.165) is 17.0 Å². The molecule has 0 saturated carbocycles. The normalized spacial score (nSPS) is 9.29. The second-order valence-electron chi connectivity index (χ2n) is 6.76. The lowest BCUT2D eigenvalue weighted by molar-refractivity contribution is 0.612. The van der Waals surface area contributed by atoms with E-state index >= 15 is 0 Å². The number of hydrogen-bond acceptors (Lipinski definition) is 0. The molecule has 0 spiro atoms. The molecule has 28 heavy (non-hydrogen) atoms. The maximum Gasteiger partial charge on any atom is 0.126 e. The van der Waals surface area contributed by atoms with Gasteiger partial charge in [0.2, 0.25) is 0 Å². The first-order chi connectivity index (χ1) is 12.7. The maximum atomic E-state index is 12.6. The van der Waals surface area contributed by atoms with Gasteiger partial charge in [-0.05, 0) is 87.1 Å². The molecule has 0 aliphatic heterocycles. The van der Waals surface area contributed by atoms with Crippen LogP contribution in [-0.4, -0.2) is 0 Å². The Morgan fingerprint density at radius 3 is 1.64 bits per heavy atom. The molecule has 3 rings (SSSR count). The van der Waals surface area contributed by atoms with Crippen molar-refractivity contribution in [3.05, 3.63) is 105 Å². The van der Waals surface area contributed by atoms with Gasteiger partial charge in [-0.25, -0.2) is 4.39 Å². The van der Waals surface area contributed by atoms with Crippen LogP contribution >= 0.6 is 11.6 Å². The van der Waals surface area contributed by atoms with Gasteiger partial charge >= 0.3 is 0 Å². The maximum absolute atomic E-state index is 12.6. The van der Waals surface area contributed by atoms with Crippen LogP contribution in [-0.2, 0) is 6.42 Å². The van der Waals surface area contributed by atoms with Gasteiger partial charge in [-0.3, -0.25) is 0 Å². The van der Waals surface area contributed by atoms with E-state index in [4.69, 9.17) is 11.6 Å². The summed E-state index contributed by atoms with van der Waals surface area (Å²) in [5.74, 6) is -0.0972. The molecule has 0 N–H and O–H groups in total. The van der Waals surface area contributed by atoms with Crippen LogP contribution in [0.3, 0.4) is 0 Å². The average Bonchev–Trinajstić information content (AvgIpc) is 2.63. The predicted octanol–water partition coefficient (Wildman–Crippen LogP) is 8.59. The van der Waals surface area contributed by atoms with Crippen LogP contribution in [0.5, 0.6) is 0 Å². The summed E-state index contributed by atoms with van der Waals surface area (Å²) >= 11 is 5.72. The van der Waals surface area contributed by atoms with Crippen molar-refractivity contribution < 1.29 is 4.39 Å². The van der Waals surface area contributed by atoms with Gasteiger partial charge in [0.25, 0.3) is 0 Å². The van der Waals surface area contributed by atoms with Crippen LogP contribution in [0, 0.1) is 40.4 Å². The van der Waals surface area contributed by atoms with Gasteiger partial charge < -0.3 is 0 Å². The summed E-state index contributed by atoms with van der Waals surface area (Å²) in [4.78, 5) is 0. The van der Waals surface area contributed by atoms with E-state index in [-0.39, 0.29) is 13.2 Å². The smallest absolute Gasteiger partial charge is 0.126 e. The lowest BCUT2D eigenvalue weighted by Crippen LogP contribution is -1.83. The summed E-state index contributed by atoms with van der Waals surface area (Å²) in [6.07, 6.45) is 0.771. The Labute approximate surface area is 176 Å². The highest BCUT2D eigenvalue weighted by atomic mass is 35.5. The van der Waals surface area contributed by atoms with E-state index in [0.29, 0.717) is 0 Å². The molecule has 2 heteroatoms. The summed E-state index contributed by atoms with van der Waals surface area (Å²) in [5, 5.41) is 0.818. The summed E-state index contributed by atoms with van der Waals surface area (Å²) in [5.41, 5.74) is 7.44. The third-order valence-electron chi connectivity index (χ3n) is 4.47. The number of benzene rings is 3. The van der Waals surface area contributed by atoms with Gasteiger partial charge in [-0.2, -0.15) is 0 Å². The lowest BCUT2D eigenvalue weighted by Gasteiger charge is -1.98. The largest absolute Gasteiger partial charge is 0.207 e. The standard InChI is InChI=1S/C9H12.C8H9Cl.C8H9F.CH4/c1-7-4-5-8(2)9(3)6-7;1-6-3-4-8(9)5-7(6)2;1-2-7-5-3-4-6-8(7)9;/h4-6H,1-3H3;3-5H,1-2H3;3-6H,2H2,1H3;1H4. The molecule has 3 aromatic rings. The highest BCUT2D eigenvalue weighted by Gasteiger charge is 1.94. The second kappa shape index (κ2) is 13.1. The topological polar surface area (TPSA) is 0 Å². The third kappa shape index (κ3) is 9.19. The zero-order chi connectivity index (χ0) is 20.4. The molecule has 0 fully saturated rings. The summed E-state index contributed by atoms with van der Waals surface area (Å²) in [6.45, 7) is 12.5. The molecule has 152 valence electrons. The minimum atomic E-state index is -0.0972. The van der Waals surface area contributed by atoms with Crippen molar-refractivity contribution in [3.63, 3.8) is 0 Å². The van der Waals surface area contributed by atoms with Gasteiger partial charge in [0.05, 0.1) is 0 Å². The second-order valence-corrected chi connectivity index (χ2v) is 7.20. The predicted molar refractivity (Wildman–Crippen MR) is 124 cm³/mol. The van der Waals surface area contributed by atoms with Crippen LogP contribution in [0.1, 0.15) is 47.7 Å². The van der Waals surface area contributed by atoms with Crippen molar-refractivity contribution in [3.8, 4) is 0 Å². The molecule has 0 aromatic heterocycles. The molecule has 0 radical (unpaired) electrons. The van der Waals surface area contributed by atoms with Gasteiger partial charge in [0.15, 0.2) is 0 Å². The Kier molecular flexibility index (Phi) is 12.1. The van der Waals surface area contributed by atoms with Gasteiger partial charge in [-0.1, -0.05) is 74.0 Å². The fourth-order valence-corrected chi connectivity index (χ4v) is 2.61. The van der Waals surface area contributed by atoms with Crippen molar-refractivity contribution in [2.24, 2.45) is 0 Å². The molecule has 0 saturated heterocycles. The lowest BCUT2D eigenvalue weighted by atomic mass is 10.1. The van der Waals surface area contributed by atoms with E-state index in [1.165, 1.54) is 33.9 Å². The minimum Gasteiger partial charge on any atom is -0.207 e. The van der Waals surface area contributed by atoms with E-state index in [1.807, 2.05) is 31.2 Å². The molecule has 0 aliphatic rings. The summed E-state index contributed by atoms with van der Waals surface area (Å²) < 4.78 is 12.6. The fourth-order valence-electron chi connectivity index (χ4n) is 2.38. The Morgan fingerprint density at radius 1 is 0.714 bits per heavy atom. The molecule has 0 aliphatic carbocycles. The Hall–Kier alpha value is -2.12. The van der Waals surface area contributed by atoms with Crippen molar-refractivity contribution in [1.29, 1.82) is 0 Å². The van der Waals surface area contributed by atoms with E-state index in [2.05, 4.69) is 52.8 Å². The average molecular weight is 401 g/mol. The molecule has 0 amide bonds. The Bertz CT molecular complexity index is 803. The first-order valence-corrected chi connectivity index (χ1v) is 9.62. The number of hydrogen-bond donors (Lipinski definition) is 0. The summed E-state index contributed by atoms with van der Waals surface area (Å²) in [6, 6.07) is 19.2. The molecular formula is C26H34ClF. The zero-order valence-electron chi connectivity index (χ0n) is 17.2.